The zero-order chi connectivity index (χ0) is 21.8. The zero-order valence-electron chi connectivity index (χ0n) is 16.9. The number of likely N-dealkylation sites (tertiary alicyclic amines) is 1. The summed E-state index contributed by atoms with van der Waals surface area (Å²) in [6, 6.07) is 1.33. The molecule has 1 atom stereocenters. The van der Waals surface area contributed by atoms with Crippen molar-refractivity contribution >= 4 is 22.6 Å². The van der Waals surface area contributed by atoms with Crippen LogP contribution in [-0.4, -0.2) is 54.2 Å². The molecule has 2 aliphatic rings. The minimum Gasteiger partial charge on any atom is -0.319 e. The van der Waals surface area contributed by atoms with Crippen molar-refractivity contribution in [2.24, 2.45) is 5.92 Å². The van der Waals surface area contributed by atoms with Gasteiger partial charge in [0, 0.05) is 23.7 Å². The summed E-state index contributed by atoms with van der Waals surface area (Å²) in [5.74, 6) is 0.443. The Labute approximate surface area is 175 Å². The second-order valence-corrected chi connectivity index (χ2v) is 8.61. The number of amides is 2. The Morgan fingerprint density at radius 3 is 2.84 bits per heavy atom. The Balaban J connectivity index is 1.42. The van der Waals surface area contributed by atoms with Gasteiger partial charge in [-0.2, -0.15) is 23.4 Å². The lowest BCUT2D eigenvalue weighted by Gasteiger charge is -2.39. The number of aromatic amines is 1. The third-order valence-electron chi connectivity index (χ3n) is 6.23. The summed E-state index contributed by atoms with van der Waals surface area (Å²) in [6.45, 7) is 1.66. The number of anilines is 1. The highest BCUT2D eigenvalue weighted by Gasteiger charge is 2.52. The van der Waals surface area contributed by atoms with Crippen molar-refractivity contribution in [3.05, 3.63) is 24.7 Å². The predicted octanol–water partition coefficient (Wildman–Crippen LogP) is 4.18. The van der Waals surface area contributed by atoms with E-state index in [0.717, 1.165) is 30.4 Å². The molecular weight excluding hydrogens is 411 g/mol. The number of alkyl halides is 3. The number of aromatic nitrogens is 5. The Kier molecular flexibility index (Phi) is 4.45. The average Bonchev–Trinajstić information content (AvgIpc) is 3.14. The number of carbonyl (C=O) groups excluding carboxylic acids is 1. The van der Waals surface area contributed by atoms with Gasteiger partial charge in [0.05, 0.1) is 29.3 Å². The van der Waals surface area contributed by atoms with Gasteiger partial charge in [0.2, 0.25) is 0 Å². The fourth-order valence-electron chi connectivity index (χ4n) is 4.37. The molecule has 8 nitrogen and oxygen atoms in total. The molecule has 5 rings (SSSR count). The Morgan fingerprint density at radius 2 is 2.10 bits per heavy atom. The summed E-state index contributed by atoms with van der Waals surface area (Å²) in [5.41, 5.74) is 1.52. The van der Waals surface area contributed by atoms with E-state index in [-0.39, 0.29) is 11.6 Å². The number of piperidine rings is 1. The fraction of sp³-hybridized carbons (Fsp3) is 0.500. The van der Waals surface area contributed by atoms with Crippen molar-refractivity contribution in [1.82, 2.24) is 29.9 Å². The number of carbonyl (C=O) groups is 1. The summed E-state index contributed by atoms with van der Waals surface area (Å²) < 4.78 is 39.5. The second-order valence-electron chi connectivity index (χ2n) is 8.61. The molecule has 11 heteroatoms. The van der Waals surface area contributed by atoms with Gasteiger partial charge in [-0.05, 0) is 37.7 Å². The topological polar surface area (TPSA) is 91.7 Å². The molecule has 4 heterocycles. The van der Waals surface area contributed by atoms with E-state index in [1.807, 2.05) is 4.90 Å². The minimum absolute atomic E-state index is 0.0260. The van der Waals surface area contributed by atoms with Crippen LogP contribution in [0.2, 0.25) is 0 Å². The maximum Gasteiger partial charge on any atom is 0.408 e. The molecule has 31 heavy (non-hydrogen) atoms. The van der Waals surface area contributed by atoms with Crippen LogP contribution in [0.25, 0.3) is 22.3 Å². The highest BCUT2D eigenvalue weighted by Crippen LogP contribution is 2.49. The Morgan fingerprint density at radius 1 is 1.29 bits per heavy atom. The molecule has 1 aliphatic heterocycles. The molecule has 164 valence electrons. The monoisotopic (exact) mass is 433 g/mol. The summed E-state index contributed by atoms with van der Waals surface area (Å²) in [4.78, 5) is 19.3. The summed E-state index contributed by atoms with van der Waals surface area (Å²) in [7, 11) is 0. The van der Waals surface area contributed by atoms with Gasteiger partial charge in [-0.1, -0.05) is 6.92 Å². The molecule has 3 aromatic heterocycles. The largest absolute Gasteiger partial charge is 0.408 e. The molecule has 1 saturated carbocycles. The van der Waals surface area contributed by atoms with E-state index in [1.54, 1.807) is 0 Å². The number of urea groups is 1. The number of nitrogens with one attached hydrogen (secondary N) is 2. The van der Waals surface area contributed by atoms with Gasteiger partial charge in [0.15, 0.2) is 0 Å². The molecule has 2 amide bonds. The third-order valence-corrected chi connectivity index (χ3v) is 6.23. The van der Waals surface area contributed by atoms with Crippen LogP contribution in [0.3, 0.4) is 0 Å². The van der Waals surface area contributed by atoms with Gasteiger partial charge in [0.1, 0.15) is 12.2 Å². The summed E-state index contributed by atoms with van der Waals surface area (Å²) in [6.07, 6.45) is 4.08. The van der Waals surface area contributed by atoms with Gasteiger partial charge < -0.3 is 10.2 Å². The highest BCUT2D eigenvalue weighted by molar-refractivity contribution is 5.94. The first-order valence-corrected chi connectivity index (χ1v) is 10.2. The number of H-pyrrole nitrogens is 1. The molecule has 0 bridgehead atoms. The molecule has 2 N–H and O–H groups in total. The number of hydrogen-bond acceptors (Lipinski definition) is 4. The number of halogens is 3. The van der Waals surface area contributed by atoms with E-state index in [0.29, 0.717) is 40.4 Å². The molecule has 1 spiro atoms. The number of pyridine rings is 1. The first-order chi connectivity index (χ1) is 14.7. The molecule has 3 aromatic rings. The fourth-order valence-corrected chi connectivity index (χ4v) is 4.37. The van der Waals surface area contributed by atoms with E-state index in [9.17, 15) is 18.0 Å². The van der Waals surface area contributed by atoms with Gasteiger partial charge in [-0.25, -0.2) is 4.79 Å². The lowest BCUT2D eigenvalue weighted by Crippen LogP contribution is -2.50. The average molecular weight is 433 g/mol. The van der Waals surface area contributed by atoms with E-state index < -0.39 is 12.7 Å². The van der Waals surface area contributed by atoms with Crippen LogP contribution >= 0.6 is 0 Å². The number of rotatable bonds is 3. The number of fused-ring (bicyclic) bond motifs is 1. The van der Waals surface area contributed by atoms with Crippen LogP contribution in [0.5, 0.6) is 0 Å². The first kappa shape index (κ1) is 19.8. The molecule has 2 fully saturated rings. The predicted molar refractivity (Wildman–Crippen MR) is 107 cm³/mol. The van der Waals surface area contributed by atoms with Crippen LogP contribution in [0.4, 0.5) is 23.7 Å². The normalized spacial score (nSPS) is 20.4. The maximum atomic E-state index is 13.0. The van der Waals surface area contributed by atoms with Gasteiger partial charge >= 0.3 is 12.2 Å². The number of nitrogens with zero attached hydrogens (tertiary/aromatic N) is 5. The Hall–Kier alpha value is -3.11. The standard InChI is InChI=1S/C20H22F3N7O/c1-12-2-3-19(4-5-19)29(10-12)18(31)27-15-9-25-28-17(15)14-6-16-13(7-24-14)8-26-30(16)11-20(21,22)23/h6-9,12H,2-5,10-11H2,1H3,(H,25,28)(H,27,31)/t12-/m1/s1. The van der Waals surface area contributed by atoms with Crippen molar-refractivity contribution in [3.8, 4) is 11.4 Å². The quantitative estimate of drug-likeness (QED) is 0.648. The van der Waals surface area contributed by atoms with Crippen LogP contribution in [0.1, 0.15) is 32.6 Å². The van der Waals surface area contributed by atoms with Gasteiger partial charge in [-0.3, -0.25) is 14.8 Å². The molecule has 1 saturated heterocycles. The van der Waals surface area contributed by atoms with Gasteiger partial charge in [-0.15, -0.1) is 0 Å². The maximum absolute atomic E-state index is 13.0. The third kappa shape index (κ3) is 3.72. The van der Waals surface area contributed by atoms with Crippen LogP contribution in [0, 0.1) is 5.92 Å². The van der Waals surface area contributed by atoms with Crippen LogP contribution in [0.15, 0.2) is 24.7 Å². The summed E-state index contributed by atoms with van der Waals surface area (Å²) in [5, 5.41) is 14.1. The smallest absolute Gasteiger partial charge is 0.319 e. The SMILES string of the molecule is C[C@@H]1CCC2(CC2)N(C(=O)Nc2cn[nH]c2-c2cc3c(cn2)cnn3CC(F)(F)F)C1. The minimum atomic E-state index is -4.39. The lowest BCUT2D eigenvalue weighted by atomic mass is 9.93. The molecule has 0 aromatic carbocycles. The highest BCUT2D eigenvalue weighted by atomic mass is 19.4. The van der Waals surface area contributed by atoms with Crippen molar-refractivity contribution < 1.29 is 18.0 Å². The van der Waals surface area contributed by atoms with Crippen molar-refractivity contribution in [3.63, 3.8) is 0 Å². The zero-order valence-corrected chi connectivity index (χ0v) is 16.9. The number of hydrogen-bond donors (Lipinski definition) is 2. The van der Waals surface area contributed by atoms with Crippen LogP contribution < -0.4 is 5.32 Å². The van der Waals surface area contributed by atoms with Gasteiger partial charge in [0.25, 0.3) is 0 Å². The van der Waals surface area contributed by atoms with E-state index in [1.165, 1.54) is 24.7 Å². The van der Waals surface area contributed by atoms with E-state index >= 15 is 0 Å². The Bertz CT molecular complexity index is 1130. The lowest BCUT2D eigenvalue weighted by molar-refractivity contribution is -0.141. The molecular formula is C20H22F3N7O. The molecule has 0 radical (unpaired) electrons. The van der Waals surface area contributed by atoms with Crippen LogP contribution in [-0.2, 0) is 6.54 Å². The molecule has 1 aliphatic carbocycles. The van der Waals surface area contributed by atoms with Crippen molar-refractivity contribution in [2.75, 3.05) is 11.9 Å². The second kappa shape index (κ2) is 6.96. The van der Waals surface area contributed by atoms with E-state index in [2.05, 4.69) is 32.5 Å². The summed E-state index contributed by atoms with van der Waals surface area (Å²) >= 11 is 0. The van der Waals surface area contributed by atoms with Crippen molar-refractivity contribution in [2.45, 2.75) is 50.9 Å². The molecule has 0 unspecified atom stereocenters. The first-order valence-electron chi connectivity index (χ1n) is 10.2. The van der Waals surface area contributed by atoms with Crippen molar-refractivity contribution in [1.29, 1.82) is 0 Å². The van der Waals surface area contributed by atoms with E-state index in [4.69, 9.17) is 0 Å².